The molecule has 0 aliphatic carbocycles. The van der Waals surface area contributed by atoms with E-state index in [-0.39, 0.29) is 18.7 Å². The van der Waals surface area contributed by atoms with E-state index in [1.54, 1.807) is 24.0 Å². The first kappa shape index (κ1) is 27.5. The molecule has 8 nitrogen and oxygen atoms in total. The Bertz CT molecular complexity index is 1230. The molecule has 2 fully saturated rings. The molecule has 0 bridgehead atoms. The predicted octanol–water partition coefficient (Wildman–Crippen LogP) is 3.41. The zero-order chi connectivity index (χ0) is 27.6. The number of carbonyl (C=O) groups excluding carboxylic acids is 1. The highest BCUT2D eigenvalue weighted by Gasteiger charge is 2.48. The van der Waals surface area contributed by atoms with Crippen LogP contribution in [-0.4, -0.2) is 82.9 Å². The van der Waals surface area contributed by atoms with Gasteiger partial charge in [-0.15, -0.1) is 0 Å². The van der Waals surface area contributed by atoms with Gasteiger partial charge in [0.15, 0.2) is 5.67 Å². The summed E-state index contributed by atoms with van der Waals surface area (Å²) in [6.07, 6.45) is 4.01. The minimum absolute atomic E-state index is 0.152. The molecular formula is C28H35BF2N4O4. The van der Waals surface area contributed by atoms with Crippen LogP contribution in [0.5, 0.6) is 5.75 Å². The van der Waals surface area contributed by atoms with Crippen LogP contribution in [0.4, 0.5) is 8.78 Å². The molecule has 2 aromatic rings. The van der Waals surface area contributed by atoms with Crippen molar-refractivity contribution in [3.8, 4) is 5.75 Å². The monoisotopic (exact) mass is 540 g/mol. The van der Waals surface area contributed by atoms with Gasteiger partial charge in [-0.25, -0.2) is 8.78 Å². The number of oxime groups is 1. The average Bonchev–Trinajstić information content (AvgIpc) is 2.91. The van der Waals surface area contributed by atoms with Crippen LogP contribution in [0.1, 0.15) is 48.9 Å². The number of nitrogens with zero attached hydrogens (tertiary/aromatic N) is 4. The number of likely N-dealkylation sites (tertiary alicyclic amines) is 2. The maximum Gasteiger partial charge on any atom is 0.291 e. The van der Waals surface area contributed by atoms with Crippen molar-refractivity contribution >= 4 is 18.5 Å². The molecule has 4 heterocycles. The van der Waals surface area contributed by atoms with E-state index >= 15 is 4.39 Å². The first-order chi connectivity index (χ1) is 18.7. The number of piperidine rings is 2. The Morgan fingerprint density at radius 2 is 1.92 bits per heavy atom. The maximum absolute atomic E-state index is 15.9. The fraction of sp³-hybridized carbons (Fsp3) is 0.536. The van der Waals surface area contributed by atoms with Crippen LogP contribution < -0.4 is 4.74 Å². The maximum atomic E-state index is 15.9. The summed E-state index contributed by atoms with van der Waals surface area (Å²) in [5, 5.41) is 13.8. The lowest BCUT2D eigenvalue weighted by atomic mass is 9.67. The van der Waals surface area contributed by atoms with Crippen molar-refractivity contribution in [2.75, 3.05) is 33.3 Å². The smallest absolute Gasteiger partial charge is 0.291 e. The van der Waals surface area contributed by atoms with Crippen molar-refractivity contribution in [1.29, 1.82) is 0 Å². The zero-order valence-corrected chi connectivity index (χ0v) is 22.5. The Hall–Kier alpha value is -3.05. The van der Waals surface area contributed by atoms with E-state index in [4.69, 9.17) is 9.57 Å². The molecule has 5 rings (SSSR count). The van der Waals surface area contributed by atoms with E-state index in [1.165, 1.54) is 19.2 Å². The number of hydrogen-bond donors (Lipinski definition) is 1. The fourth-order valence-electron chi connectivity index (χ4n) is 5.94. The number of rotatable bonds is 6. The fourth-order valence-corrected chi connectivity index (χ4v) is 5.94. The second-order valence-electron chi connectivity index (χ2n) is 11.1. The van der Waals surface area contributed by atoms with Gasteiger partial charge in [0.2, 0.25) is 0 Å². The molecule has 0 radical (unpaired) electrons. The van der Waals surface area contributed by atoms with Crippen LogP contribution in [0.15, 0.2) is 41.7 Å². The van der Waals surface area contributed by atoms with E-state index in [9.17, 15) is 14.2 Å². The quantitative estimate of drug-likeness (QED) is 0.447. The van der Waals surface area contributed by atoms with Crippen LogP contribution in [-0.2, 0) is 22.5 Å². The second-order valence-corrected chi connectivity index (χ2v) is 11.1. The van der Waals surface area contributed by atoms with E-state index in [2.05, 4.69) is 15.0 Å². The molecular weight excluding hydrogens is 505 g/mol. The zero-order valence-electron chi connectivity index (χ0n) is 22.5. The van der Waals surface area contributed by atoms with Gasteiger partial charge in [0.05, 0.1) is 5.71 Å². The van der Waals surface area contributed by atoms with Crippen molar-refractivity contribution in [3.05, 3.63) is 59.2 Å². The molecule has 3 aliphatic rings. The van der Waals surface area contributed by atoms with Gasteiger partial charge in [-0.1, -0.05) is 12.0 Å². The number of carbonyl (C=O) groups is 1. The normalized spacial score (nSPS) is 21.4. The van der Waals surface area contributed by atoms with Gasteiger partial charge in [-0.05, 0) is 42.2 Å². The third-order valence-electron chi connectivity index (χ3n) is 8.06. The summed E-state index contributed by atoms with van der Waals surface area (Å²) < 4.78 is 36.1. The van der Waals surface area contributed by atoms with Gasteiger partial charge in [0.25, 0.3) is 12.8 Å². The Morgan fingerprint density at radius 3 is 2.62 bits per heavy atom. The highest BCUT2D eigenvalue weighted by molar-refractivity contribution is 6.47. The summed E-state index contributed by atoms with van der Waals surface area (Å²) in [7, 11) is 1.45. The summed E-state index contributed by atoms with van der Waals surface area (Å²) in [5.74, 6) is -0.275. The first-order valence-electron chi connectivity index (χ1n) is 13.6. The lowest BCUT2D eigenvalue weighted by molar-refractivity contribution is -0.151. The van der Waals surface area contributed by atoms with Crippen molar-refractivity contribution in [2.24, 2.45) is 5.16 Å². The van der Waals surface area contributed by atoms with Crippen molar-refractivity contribution in [1.82, 2.24) is 14.8 Å². The highest BCUT2D eigenvalue weighted by Crippen LogP contribution is 2.41. The first-order valence-corrected chi connectivity index (χ1v) is 13.6. The van der Waals surface area contributed by atoms with E-state index in [1.807, 2.05) is 12.1 Å². The number of hydrogen-bond acceptors (Lipinski definition) is 7. The Kier molecular flexibility index (Phi) is 7.91. The van der Waals surface area contributed by atoms with Gasteiger partial charge < -0.3 is 19.5 Å². The number of halogens is 2. The SMILES string of the molecule is CO/N=C1\CC2(CCN(C(=O)C3(F)CCN(Cc4ccnc(CB(C)O)c4)CC3)CC2)Oc2ccc(F)cc21. The number of amides is 1. The summed E-state index contributed by atoms with van der Waals surface area (Å²) >= 11 is 0. The lowest BCUT2D eigenvalue weighted by Crippen LogP contribution is -2.57. The Balaban J connectivity index is 1.17. The number of benzene rings is 1. The molecule has 11 heteroatoms. The van der Waals surface area contributed by atoms with E-state index in [0.717, 1.165) is 11.3 Å². The molecule has 39 heavy (non-hydrogen) atoms. The van der Waals surface area contributed by atoms with Gasteiger partial charge in [0.1, 0.15) is 24.3 Å². The minimum atomic E-state index is -1.88. The number of aromatic nitrogens is 1. The van der Waals surface area contributed by atoms with Gasteiger partial charge in [-0.3, -0.25) is 14.7 Å². The minimum Gasteiger partial charge on any atom is -0.486 e. The molecule has 0 atom stereocenters. The third kappa shape index (κ3) is 6.09. The van der Waals surface area contributed by atoms with Crippen LogP contribution in [0.25, 0.3) is 0 Å². The van der Waals surface area contributed by atoms with Gasteiger partial charge in [-0.2, -0.15) is 0 Å². The molecule has 1 N–H and O–H groups in total. The molecule has 3 aliphatic heterocycles. The number of ether oxygens (including phenoxy) is 1. The predicted molar refractivity (Wildman–Crippen MR) is 144 cm³/mol. The van der Waals surface area contributed by atoms with Crippen LogP contribution in [0.3, 0.4) is 0 Å². The number of pyridine rings is 1. The second kappa shape index (κ2) is 11.2. The largest absolute Gasteiger partial charge is 0.486 e. The number of alkyl halides is 1. The Labute approximate surface area is 228 Å². The summed E-state index contributed by atoms with van der Waals surface area (Å²) in [5.41, 5.74) is 0.601. The summed E-state index contributed by atoms with van der Waals surface area (Å²) in [6.45, 7) is 3.66. The number of fused-ring (bicyclic) bond motifs is 1. The molecule has 2 saturated heterocycles. The van der Waals surface area contributed by atoms with Crippen molar-refractivity contribution < 1.29 is 28.2 Å². The topological polar surface area (TPSA) is 87.5 Å². The van der Waals surface area contributed by atoms with Crippen molar-refractivity contribution in [2.45, 2.75) is 63.1 Å². The van der Waals surface area contributed by atoms with E-state index in [0.29, 0.717) is 75.3 Å². The molecule has 1 aromatic heterocycles. The van der Waals surface area contributed by atoms with Gasteiger partial charge in [0, 0.05) is 82.3 Å². The molecule has 0 saturated carbocycles. The average molecular weight is 540 g/mol. The molecule has 1 aromatic carbocycles. The Morgan fingerprint density at radius 1 is 1.18 bits per heavy atom. The third-order valence-corrected chi connectivity index (χ3v) is 8.06. The van der Waals surface area contributed by atoms with E-state index < -0.39 is 24.1 Å². The van der Waals surface area contributed by atoms with Crippen LogP contribution in [0.2, 0.25) is 6.82 Å². The molecule has 1 amide bonds. The standard InChI is InChI=1S/C28H35BF2N4O4/c1-29(37)18-22-15-20(5-10-32-22)19-34-11-8-28(31,9-12-34)26(36)35-13-6-27(7-14-35)17-24(33-38-2)23-16-21(30)3-4-25(23)39-27/h3-5,10,15-16,37H,6-9,11-14,17-19H2,1-2H3/b33-24+. The van der Waals surface area contributed by atoms with Crippen molar-refractivity contribution in [3.63, 3.8) is 0 Å². The summed E-state index contributed by atoms with van der Waals surface area (Å²) in [4.78, 5) is 26.4. The van der Waals surface area contributed by atoms with Crippen LogP contribution in [0, 0.1) is 5.82 Å². The highest BCUT2D eigenvalue weighted by atomic mass is 19.1. The van der Waals surface area contributed by atoms with Crippen LogP contribution >= 0.6 is 0 Å². The summed E-state index contributed by atoms with van der Waals surface area (Å²) in [6, 6.07) is 8.25. The lowest BCUT2D eigenvalue weighted by Gasteiger charge is -2.46. The molecule has 0 unspecified atom stereocenters. The van der Waals surface area contributed by atoms with Gasteiger partial charge >= 0.3 is 0 Å². The molecule has 1 spiro atoms. The molecule has 208 valence electrons.